The fourth-order valence-corrected chi connectivity index (χ4v) is 4.77. The third kappa shape index (κ3) is 5.27. The third-order valence-corrected chi connectivity index (χ3v) is 6.68. The van der Waals surface area contributed by atoms with E-state index in [1.54, 1.807) is 12.1 Å². The maximum Gasteiger partial charge on any atom is 0.430 e. The van der Waals surface area contributed by atoms with E-state index in [1.807, 2.05) is 21.4 Å². The van der Waals surface area contributed by atoms with E-state index in [0.29, 0.717) is 29.7 Å². The molecular weight excluding hydrogens is 489 g/mol. The zero-order valence-electron chi connectivity index (χ0n) is 18.3. The van der Waals surface area contributed by atoms with Gasteiger partial charge in [-0.15, -0.1) is 18.5 Å². The summed E-state index contributed by atoms with van der Waals surface area (Å²) in [6, 6.07) is 11.2. The first-order valence-electron chi connectivity index (χ1n) is 10.7. The van der Waals surface area contributed by atoms with E-state index in [0.717, 1.165) is 30.5 Å². The zero-order chi connectivity index (χ0) is 24.6. The van der Waals surface area contributed by atoms with Gasteiger partial charge in [0.2, 0.25) is 0 Å². The second-order valence-corrected chi connectivity index (χ2v) is 9.72. The maximum absolute atomic E-state index is 14.9. The maximum atomic E-state index is 14.9. The fraction of sp³-hybridized carbons (Fsp3) is 0.280. The van der Waals surface area contributed by atoms with Gasteiger partial charge in [0, 0.05) is 18.0 Å². The van der Waals surface area contributed by atoms with Crippen LogP contribution in [0.4, 0.5) is 22.0 Å². The largest absolute Gasteiger partial charge is 0.430 e. The minimum absolute atomic E-state index is 0.0100. The second kappa shape index (κ2) is 9.89. The Hall–Kier alpha value is -2.07. The van der Waals surface area contributed by atoms with Crippen LogP contribution in [-0.2, 0) is 10.8 Å². The molecule has 0 saturated carbocycles. The molecule has 9 heteroatoms. The number of rotatable bonds is 5. The van der Waals surface area contributed by atoms with Crippen LogP contribution in [0.2, 0.25) is 0 Å². The number of benzene rings is 3. The topological polar surface area (TPSA) is 18.5 Å². The molecule has 0 amide bonds. The monoisotopic (exact) mass is 512 g/mol. The summed E-state index contributed by atoms with van der Waals surface area (Å²) < 4.78 is 82.0. The Morgan fingerprint density at radius 1 is 0.882 bits per heavy atom. The molecule has 0 aromatic heterocycles. The highest BCUT2D eigenvalue weighted by molar-refractivity contribution is 7.27. The van der Waals surface area contributed by atoms with Crippen molar-refractivity contribution < 1.29 is 31.4 Å². The lowest BCUT2D eigenvalue weighted by molar-refractivity contribution is -0.186. The summed E-state index contributed by atoms with van der Waals surface area (Å²) in [7, 11) is 3.97. The summed E-state index contributed by atoms with van der Waals surface area (Å²) in [5.74, 6) is -3.83. The summed E-state index contributed by atoms with van der Waals surface area (Å²) in [4.78, 5) is 0. The average molecular weight is 512 g/mol. The lowest BCUT2D eigenvalue weighted by atomic mass is 9.94. The highest BCUT2D eigenvalue weighted by Crippen LogP contribution is 2.36. The van der Waals surface area contributed by atoms with Crippen molar-refractivity contribution in [1.29, 1.82) is 0 Å². The first-order valence-corrected chi connectivity index (χ1v) is 11.8. The lowest BCUT2D eigenvalue weighted by Crippen LogP contribution is -2.29. The van der Waals surface area contributed by atoms with Gasteiger partial charge in [-0.25, -0.2) is 13.2 Å². The molecule has 3 aromatic carbocycles. The van der Waals surface area contributed by atoms with E-state index >= 15 is 0 Å². The summed E-state index contributed by atoms with van der Waals surface area (Å²) in [6.45, 7) is 2.85. The van der Waals surface area contributed by atoms with Crippen molar-refractivity contribution in [3.05, 3.63) is 77.1 Å². The van der Waals surface area contributed by atoms with Crippen molar-refractivity contribution in [3.8, 4) is 16.9 Å². The molecule has 4 unspecified atom stereocenters. The van der Waals surface area contributed by atoms with Crippen molar-refractivity contribution >= 4 is 29.1 Å². The molecule has 34 heavy (non-hydrogen) atoms. The molecule has 1 saturated heterocycles. The van der Waals surface area contributed by atoms with Gasteiger partial charge in [-0.3, -0.25) is 0 Å². The Balaban J connectivity index is 1.58. The molecule has 0 radical (unpaired) electrons. The average Bonchev–Trinajstić information content (AvgIpc) is 2.77. The summed E-state index contributed by atoms with van der Waals surface area (Å²) >= 11 is 0. The van der Waals surface area contributed by atoms with Gasteiger partial charge in [-0.2, -0.15) is 8.78 Å². The van der Waals surface area contributed by atoms with Crippen molar-refractivity contribution in [2.45, 2.75) is 32.0 Å². The summed E-state index contributed by atoms with van der Waals surface area (Å²) in [5, 5.41) is -0.410. The van der Waals surface area contributed by atoms with E-state index in [4.69, 9.17) is 4.74 Å². The highest BCUT2D eigenvalue weighted by atomic mass is 31.0. The smallest absolute Gasteiger partial charge is 0.429 e. The number of hydrogen-bond acceptors (Lipinski definition) is 2. The van der Waals surface area contributed by atoms with Crippen molar-refractivity contribution in [1.82, 2.24) is 0 Å². The number of alkyl halides is 2. The molecule has 1 fully saturated rings. The minimum atomic E-state index is -4.12. The van der Waals surface area contributed by atoms with Crippen LogP contribution in [-0.4, -0.2) is 6.61 Å². The van der Waals surface area contributed by atoms with E-state index in [-0.39, 0.29) is 16.7 Å². The quantitative estimate of drug-likeness (QED) is 0.292. The van der Waals surface area contributed by atoms with Crippen LogP contribution in [0.25, 0.3) is 11.1 Å². The van der Waals surface area contributed by atoms with E-state index < -0.39 is 34.9 Å². The number of ether oxygens (including phenoxy) is 2. The standard InChI is InChI=1S/C25H23F5O2P2/c1-13-2-7-20(31-12-13)15-5-3-14(4-6-15)16-8-18(26)23(21(33)9-16)25(29,30)32-17-10-19(27)24(28)22(34)11-17/h3-6,8-11,13,20H,2,7,12,33-34H2,1H3. The summed E-state index contributed by atoms with van der Waals surface area (Å²) in [6.07, 6.45) is -2.11. The van der Waals surface area contributed by atoms with Crippen LogP contribution in [0.5, 0.6) is 5.75 Å². The predicted molar refractivity (Wildman–Crippen MR) is 128 cm³/mol. The Bertz CT molecular complexity index is 1150. The first kappa shape index (κ1) is 25.0. The van der Waals surface area contributed by atoms with Crippen LogP contribution in [0.15, 0.2) is 48.5 Å². The Morgan fingerprint density at radius 3 is 2.18 bits per heavy atom. The van der Waals surface area contributed by atoms with Gasteiger partial charge >= 0.3 is 6.11 Å². The van der Waals surface area contributed by atoms with Crippen molar-refractivity contribution in [2.24, 2.45) is 5.92 Å². The Labute approximate surface area is 199 Å². The van der Waals surface area contributed by atoms with Gasteiger partial charge in [-0.05, 0) is 59.0 Å². The van der Waals surface area contributed by atoms with Crippen LogP contribution in [0.1, 0.15) is 37.0 Å². The van der Waals surface area contributed by atoms with Gasteiger partial charge in [0.25, 0.3) is 0 Å². The molecule has 0 N–H and O–H groups in total. The van der Waals surface area contributed by atoms with E-state index in [9.17, 15) is 22.0 Å². The molecule has 1 heterocycles. The fourth-order valence-electron chi connectivity index (χ4n) is 3.98. The van der Waals surface area contributed by atoms with Crippen LogP contribution in [0, 0.1) is 23.4 Å². The predicted octanol–water partition coefficient (Wildman–Crippen LogP) is 6.39. The summed E-state index contributed by atoms with van der Waals surface area (Å²) in [5.41, 5.74) is 1.07. The first-order chi connectivity index (χ1) is 16.0. The van der Waals surface area contributed by atoms with Crippen molar-refractivity contribution in [3.63, 3.8) is 0 Å². The molecular formula is C25H23F5O2P2. The highest BCUT2D eigenvalue weighted by Gasteiger charge is 2.40. The molecule has 0 aliphatic carbocycles. The molecule has 3 aromatic rings. The Morgan fingerprint density at radius 2 is 1.59 bits per heavy atom. The van der Waals surface area contributed by atoms with Crippen LogP contribution >= 0.6 is 18.5 Å². The second-order valence-electron chi connectivity index (χ2n) is 8.48. The van der Waals surface area contributed by atoms with E-state index in [2.05, 4.69) is 20.9 Å². The molecule has 0 bridgehead atoms. The van der Waals surface area contributed by atoms with Gasteiger partial charge in [0.15, 0.2) is 11.6 Å². The molecule has 4 rings (SSSR count). The molecule has 1 aliphatic rings. The van der Waals surface area contributed by atoms with Gasteiger partial charge in [0.05, 0.1) is 6.10 Å². The van der Waals surface area contributed by atoms with Gasteiger partial charge in [-0.1, -0.05) is 31.2 Å². The number of hydrogen-bond donors (Lipinski definition) is 0. The molecule has 180 valence electrons. The molecule has 4 atom stereocenters. The number of halogens is 5. The lowest BCUT2D eigenvalue weighted by Gasteiger charge is -2.27. The SMILES string of the molecule is CC1CCC(c2ccc(-c3cc(F)c(C(F)(F)Oc4cc(F)c(F)c(P)c4)c(P)c3)cc2)OC1. The minimum Gasteiger partial charge on any atom is -0.429 e. The zero-order valence-corrected chi connectivity index (χ0v) is 20.6. The van der Waals surface area contributed by atoms with Gasteiger partial charge in [0.1, 0.15) is 17.1 Å². The molecule has 2 nitrogen and oxygen atoms in total. The Kier molecular flexibility index (Phi) is 7.28. The van der Waals surface area contributed by atoms with Gasteiger partial charge < -0.3 is 9.47 Å². The van der Waals surface area contributed by atoms with Crippen LogP contribution < -0.4 is 15.3 Å². The third-order valence-electron chi connectivity index (χ3n) is 5.81. The molecule has 0 spiro atoms. The van der Waals surface area contributed by atoms with E-state index in [1.165, 1.54) is 6.07 Å². The van der Waals surface area contributed by atoms with Crippen LogP contribution in [0.3, 0.4) is 0 Å². The normalized spacial score (nSPS) is 18.7. The van der Waals surface area contributed by atoms with Crippen molar-refractivity contribution in [2.75, 3.05) is 6.61 Å². The molecule has 1 aliphatic heterocycles.